The van der Waals surface area contributed by atoms with Gasteiger partial charge in [0.1, 0.15) is 12.1 Å². The van der Waals surface area contributed by atoms with Gasteiger partial charge in [0.15, 0.2) is 0 Å². The summed E-state index contributed by atoms with van der Waals surface area (Å²) < 4.78 is 13.2. The summed E-state index contributed by atoms with van der Waals surface area (Å²) in [5.74, 6) is -0.544. The minimum Gasteiger partial charge on any atom is -0.291 e. The Labute approximate surface area is 142 Å². The fourth-order valence-electron chi connectivity index (χ4n) is 2.08. The van der Waals surface area contributed by atoms with Gasteiger partial charge in [-0.2, -0.15) is 10.1 Å². The van der Waals surface area contributed by atoms with Crippen molar-refractivity contribution in [2.75, 3.05) is 5.32 Å². The lowest BCUT2D eigenvalue weighted by atomic mass is 10.0. The van der Waals surface area contributed by atoms with E-state index in [0.717, 1.165) is 5.56 Å². The standard InChI is InChI=1S/C17H12ClFN4O/c18-13-5-1-11(2-6-13)9-15(12-3-7-14(19)8-4-12)16(24)22-17-20-10-21-23-17/h1-10H,(H2,20,21,22,23,24). The number of aromatic nitrogens is 3. The molecule has 2 N–H and O–H groups in total. The summed E-state index contributed by atoms with van der Waals surface area (Å²) in [6.07, 6.45) is 2.98. The Morgan fingerprint density at radius 2 is 1.83 bits per heavy atom. The third-order valence-electron chi connectivity index (χ3n) is 3.23. The lowest BCUT2D eigenvalue weighted by Gasteiger charge is -2.08. The van der Waals surface area contributed by atoms with Crippen LogP contribution in [0.4, 0.5) is 10.3 Å². The summed E-state index contributed by atoms with van der Waals surface area (Å²) >= 11 is 5.88. The Kier molecular flexibility index (Phi) is 4.67. The van der Waals surface area contributed by atoms with Gasteiger partial charge in [-0.1, -0.05) is 35.9 Å². The predicted octanol–water partition coefficient (Wildman–Crippen LogP) is 3.78. The first kappa shape index (κ1) is 15.9. The van der Waals surface area contributed by atoms with Crippen molar-refractivity contribution in [2.24, 2.45) is 0 Å². The molecule has 1 aromatic heterocycles. The zero-order valence-corrected chi connectivity index (χ0v) is 13.1. The fourth-order valence-corrected chi connectivity index (χ4v) is 2.20. The second kappa shape index (κ2) is 7.06. The summed E-state index contributed by atoms with van der Waals surface area (Å²) in [4.78, 5) is 16.4. The molecule has 0 atom stereocenters. The molecule has 3 aromatic rings. The molecule has 120 valence electrons. The quantitative estimate of drug-likeness (QED) is 0.560. The first-order chi connectivity index (χ1) is 11.6. The molecule has 0 radical (unpaired) electrons. The third-order valence-corrected chi connectivity index (χ3v) is 3.48. The van der Waals surface area contributed by atoms with E-state index in [1.165, 1.54) is 30.6 Å². The Bertz CT molecular complexity index is 859. The van der Waals surface area contributed by atoms with Gasteiger partial charge in [0.2, 0.25) is 5.95 Å². The number of hydrogen-bond donors (Lipinski definition) is 2. The normalized spacial score (nSPS) is 11.3. The molecule has 0 aliphatic heterocycles. The number of H-pyrrole nitrogens is 1. The highest BCUT2D eigenvalue weighted by Crippen LogP contribution is 2.21. The molecule has 1 heterocycles. The minimum atomic E-state index is -0.395. The topological polar surface area (TPSA) is 70.7 Å². The van der Waals surface area contributed by atoms with Crippen molar-refractivity contribution < 1.29 is 9.18 Å². The van der Waals surface area contributed by atoms with Gasteiger partial charge in [0, 0.05) is 10.6 Å². The number of rotatable bonds is 4. The van der Waals surface area contributed by atoms with Crippen LogP contribution in [0.2, 0.25) is 5.02 Å². The maximum Gasteiger partial charge on any atom is 0.258 e. The van der Waals surface area contributed by atoms with Crippen LogP contribution in [-0.2, 0) is 4.79 Å². The average Bonchev–Trinajstić information content (AvgIpc) is 3.08. The first-order valence-electron chi connectivity index (χ1n) is 7.02. The van der Waals surface area contributed by atoms with Crippen molar-refractivity contribution in [3.63, 3.8) is 0 Å². The highest BCUT2D eigenvalue weighted by atomic mass is 35.5. The van der Waals surface area contributed by atoms with Crippen LogP contribution in [0.5, 0.6) is 0 Å². The van der Waals surface area contributed by atoms with Gasteiger partial charge in [-0.15, -0.1) is 0 Å². The van der Waals surface area contributed by atoms with Crippen molar-refractivity contribution in [1.82, 2.24) is 15.2 Å². The number of benzene rings is 2. The smallest absolute Gasteiger partial charge is 0.258 e. The Morgan fingerprint density at radius 3 is 2.46 bits per heavy atom. The molecule has 0 spiro atoms. The summed E-state index contributed by atoms with van der Waals surface area (Å²) in [6, 6.07) is 12.7. The molecule has 0 fully saturated rings. The van der Waals surface area contributed by atoms with E-state index in [9.17, 15) is 9.18 Å². The van der Waals surface area contributed by atoms with Crippen LogP contribution in [0.3, 0.4) is 0 Å². The molecule has 7 heteroatoms. The number of amides is 1. The Morgan fingerprint density at radius 1 is 1.12 bits per heavy atom. The molecule has 24 heavy (non-hydrogen) atoms. The number of carbonyl (C=O) groups excluding carboxylic acids is 1. The number of nitrogens with zero attached hydrogens (tertiary/aromatic N) is 2. The molecule has 0 saturated carbocycles. The van der Waals surface area contributed by atoms with Gasteiger partial charge in [-0.25, -0.2) is 9.49 Å². The number of nitrogens with one attached hydrogen (secondary N) is 2. The summed E-state index contributed by atoms with van der Waals surface area (Å²) in [7, 11) is 0. The first-order valence-corrected chi connectivity index (χ1v) is 7.39. The maximum absolute atomic E-state index is 13.2. The van der Waals surface area contributed by atoms with Crippen LogP contribution in [0.1, 0.15) is 11.1 Å². The number of anilines is 1. The van der Waals surface area contributed by atoms with E-state index in [4.69, 9.17) is 11.6 Å². The van der Waals surface area contributed by atoms with Gasteiger partial charge in [0.05, 0.1) is 0 Å². The summed E-state index contributed by atoms with van der Waals surface area (Å²) in [5, 5.41) is 9.44. The third kappa shape index (κ3) is 3.85. The highest BCUT2D eigenvalue weighted by Gasteiger charge is 2.14. The molecule has 3 rings (SSSR count). The number of halogens is 2. The summed E-state index contributed by atoms with van der Waals surface area (Å²) in [6.45, 7) is 0. The van der Waals surface area contributed by atoms with Crippen molar-refractivity contribution >= 4 is 35.1 Å². The van der Waals surface area contributed by atoms with Crippen LogP contribution in [0.15, 0.2) is 54.9 Å². The number of aromatic amines is 1. The lowest BCUT2D eigenvalue weighted by Crippen LogP contribution is -2.14. The van der Waals surface area contributed by atoms with E-state index >= 15 is 0 Å². The molecule has 1 amide bonds. The minimum absolute atomic E-state index is 0.226. The zero-order chi connectivity index (χ0) is 16.9. The van der Waals surface area contributed by atoms with Crippen molar-refractivity contribution in [2.45, 2.75) is 0 Å². The zero-order valence-electron chi connectivity index (χ0n) is 12.3. The van der Waals surface area contributed by atoms with Crippen molar-refractivity contribution in [3.05, 3.63) is 76.8 Å². The molecule has 0 saturated heterocycles. The van der Waals surface area contributed by atoms with Crippen LogP contribution in [0.25, 0.3) is 11.6 Å². The average molecular weight is 343 g/mol. The summed E-state index contributed by atoms with van der Waals surface area (Å²) in [5.41, 5.74) is 1.71. The lowest BCUT2D eigenvalue weighted by molar-refractivity contribution is -0.111. The second-order valence-corrected chi connectivity index (χ2v) is 5.34. The van der Waals surface area contributed by atoms with Crippen LogP contribution >= 0.6 is 11.6 Å². The molecular weight excluding hydrogens is 331 g/mol. The molecule has 5 nitrogen and oxygen atoms in total. The van der Waals surface area contributed by atoms with Crippen LogP contribution in [0, 0.1) is 5.82 Å². The SMILES string of the molecule is O=C(Nc1ncn[nH]1)C(=Cc1ccc(Cl)cc1)c1ccc(F)cc1. The van der Waals surface area contributed by atoms with Crippen molar-refractivity contribution in [1.29, 1.82) is 0 Å². The monoisotopic (exact) mass is 342 g/mol. The van der Waals surface area contributed by atoms with Gasteiger partial charge in [0.25, 0.3) is 5.91 Å². The van der Waals surface area contributed by atoms with E-state index in [1.807, 2.05) is 0 Å². The van der Waals surface area contributed by atoms with E-state index in [0.29, 0.717) is 16.2 Å². The maximum atomic E-state index is 13.2. The molecule has 0 aliphatic carbocycles. The molecule has 0 bridgehead atoms. The second-order valence-electron chi connectivity index (χ2n) is 4.90. The van der Waals surface area contributed by atoms with Crippen molar-refractivity contribution in [3.8, 4) is 0 Å². The molecule has 0 unspecified atom stereocenters. The van der Waals surface area contributed by atoms with E-state index in [-0.39, 0.29) is 11.8 Å². The molecule has 2 aromatic carbocycles. The van der Waals surface area contributed by atoms with Gasteiger partial charge < -0.3 is 0 Å². The van der Waals surface area contributed by atoms with E-state index < -0.39 is 5.91 Å². The van der Waals surface area contributed by atoms with E-state index in [1.54, 1.807) is 30.3 Å². The van der Waals surface area contributed by atoms with Gasteiger partial charge in [-0.3, -0.25) is 10.1 Å². The largest absolute Gasteiger partial charge is 0.291 e. The number of hydrogen-bond acceptors (Lipinski definition) is 3. The van der Waals surface area contributed by atoms with Gasteiger partial charge >= 0.3 is 0 Å². The Balaban J connectivity index is 1.98. The van der Waals surface area contributed by atoms with E-state index in [2.05, 4.69) is 20.5 Å². The number of carbonyl (C=O) groups is 1. The highest BCUT2D eigenvalue weighted by molar-refractivity contribution is 6.31. The van der Waals surface area contributed by atoms with Crippen LogP contribution < -0.4 is 5.32 Å². The molecular formula is C17H12ClFN4O. The van der Waals surface area contributed by atoms with Crippen LogP contribution in [-0.4, -0.2) is 21.1 Å². The molecule has 0 aliphatic rings. The Hall–Kier alpha value is -2.99. The van der Waals surface area contributed by atoms with Gasteiger partial charge in [-0.05, 0) is 41.5 Å². The fraction of sp³-hybridized carbons (Fsp3) is 0. The predicted molar refractivity (Wildman–Crippen MR) is 90.7 cm³/mol.